The summed E-state index contributed by atoms with van der Waals surface area (Å²) in [5.74, 6) is 1.43. The Morgan fingerprint density at radius 2 is 2.17 bits per heavy atom. The van der Waals surface area contributed by atoms with E-state index in [1.165, 1.54) is 11.5 Å². The van der Waals surface area contributed by atoms with E-state index in [0.717, 1.165) is 25.8 Å². The Morgan fingerprint density at radius 1 is 1.50 bits per heavy atom. The Kier molecular flexibility index (Phi) is 3.76. The van der Waals surface area contributed by atoms with Gasteiger partial charge in [-0.05, 0) is 48.9 Å². The molecular weight excluding hydrogens is 361 g/mol. The van der Waals surface area contributed by atoms with Gasteiger partial charge in [0.2, 0.25) is 11.4 Å². The van der Waals surface area contributed by atoms with E-state index in [2.05, 4.69) is 45.1 Å². The van der Waals surface area contributed by atoms with Crippen LogP contribution in [0, 0.1) is 6.92 Å². The predicted molar refractivity (Wildman–Crippen MR) is 82.7 cm³/mol. The molecular formula is C12H14IN3OS. The number of nitrogens with zero attached hydrogens (tertiary/aromatic N) is 3. The molecule has 0 radical (unpaired) electrons. The number of ether oxygens (including phenoxy) is 1. The second-order valence-electron chi connectivity index (χ2n) is 4.09. The first-order valence-corrected chi connectivity index (χ1v) is 7.24. The topological polar surface area (TPSA) is 38.2 Å². The van der Waals surface area contributed by atoms with Gasteiger partial charge >= 0.3 is 0 Å². The number of halogens is 1. The average Bonchev–Trinajstić information content (AvgIpc) is 2.78. The second kappa shape index (κ2) is 5.00. The SMILES string of the molecule is C=C(C)OC1C(I)=C(C)C(=C)N1c1nc(C)ns1. The number of hydrogen-bond acceptors (Lipinski definition) is 5. The summed E-state index contributed by atoms with van der Waals surface area (Å²) in [6.45, 7) is 13.6. The highest BCUT2D eigenvalue weighted by atomic mass is 127. The Hall–Kier alpha value is -0.890. The molecule has 1 aliphatic rings. The van der Waals surface area contributed by atoms with E-state index in [4.69, 9.17) is 4.74 Å². The molecule has 0 N–H and O–H groups in total. The largest absolute Gasteiger partial charge is 0.471 e. The summed E-state index contributed by atoms with van der Waals surface area (Å²) in [5, 5.41) is 0.801. The van der Waals surface area contributed by atoms with Gasteiger partial charge in [-0.15, -0.1) is 0 Å². The van der Waals surface area contributed by atoms with Crippen molar-refractivity contribution in [3.63, 3.8) is 0 Å². The summed E-state index contributed by atoms with van der Waals surface area (Å²) in [6, 6.07) is 0. The summed E-state index contributed by atoms with van der Waals surface area (Å²) in [7, 11) is 0. The van der Waals surface area contributed by atoms with Crippen LogP contribution in [-0.4, -0.2) is 15.6 Å². The van der Waals surface area contributed by atoms with E-state index in [1.807, 2.05) is 25.7 Å². The first kappa shape index (κ1) is 13.5. The molecule has 2 rings (SSSR count). The van der Waals surface area contributed by atoms with Crippen LogP contribution in [0.1, 0.15) is 19.7 Å². The van der Waals surface area contributed by atoms with E-state index in [-0.39, 0.29) is 6.23 Å². The molecule has 1 aliphatic heterocycles. The van der Waals surface area contributed by atoms with Crippen LogP contribution in [0.4, 0.5) is 5.13 Å². The summed E-state index contributed by atoms with van der Waals surface area (Å²) < 4.78 is 11.1. The minimum absolute atomic E-state index is 0.219. The van der Waals surface area contributed by atoms with Crippen LogP contribution < -0.4 is 4.90 Å². The number of hydrogen-bond donors (Lipinski definition) is 0. The number of rotatable bonds is 3. The van der Waals surface area contributed by atoms with E-state index < -0.39 is 0 Å². The van der Waals surface area contributed by atoms with Crippen molar-refractivity contribution in [1.82, 2.24) is 9.36 Å². The summed E-state index contributed by atoms with van der Waals surface area (Å²) in [6.07, 6.45) is -0.219. The van der Waals surface area contributed by atoms with Crippen LogP contribution in [0.3, 0.4) is 0 Å². The van der Waals surface area contributed by atoms with Crippen molar-refractivity contribution in [2.45, 2.75) is 27.0 Å². The van der Waals surface area contributed by atoms with Crippen LogP contribution in [0.2, 0.25) is 0 Å². The molecule has 0 amide bonds. The van der Waals surface area contributed by atoms with Gasteiger partial charge in [0.05, 0.1) is 9.34 Å². The van der Waals surface area contributed by atoms with Gasteiger partial charge in [-0.25, -0.2) is 4.98 Å². The Morgan fingerprint density at radius 3 is 2.67 bits per heavy atom. The van der Waals surface area contributed by atoms with Gasteiger partial charge in [-0.1, -0.05) is 13.2 Å². The van der Waals surface area contributed by atoms with Crippen LogP contribution >= 0.6 is 34.1 Å². The Bertz CT molecular complexity index is 549. The molecule has 96 valence electrons. The molecule has 0 fully saturated rings. The van der Waals surface area contributed by atoms with Crippen molar-refractivity contribution >= 4 is 39.3 Å². The lowest BCUT2D eigenvalue weighted by molar-refractivity contribution is 0.162. The summed E-state index contributed by atoms with van der Waals surface area (Å²) in [4.78, 5) is 6.37. The number of aryl methyl sites for hydroxylation is 1. The minimum Gasteiger partial charge on any atom is -0.471 e. The lowest BCUT2D eigenvalue weighted by atomic mass is 10.3. The fourth-order valence-electron chi connectivity index (χ4n) is 1.65. The maximum absolute atomic E-state index is 5.78. The third-order valence-corrected chi connectivity index (χ3v) is 4.72. The standard InChI is InChI=1S/C12H14IN3OS/c1-6(2)17-11-10(13)7(3)8(4)16(11)12-14-9(5)15-18-12/h11H,1,4H2,2-3,5H3. The van der Waals surface area contributed by atoms with Crippen molar-refractivity contribution < 1.29 is 4.74 Å². The minimum atomic E-state index is -0.219. The van der Waals surface area contributed by atoms with Crippen molar-refractivity contribution in [2.24, 2.45) is 0 Å². The number of aromatic nitrogens is 2. The molecule has 4 nitrogen and oxygen atoms in total. The van der Waals surface area contributed by atoms with Crippen molar-refractivity contribution in [1.29, 1.82) is 0 Å². The molecule has 1 aromatic heterocycles. The highest BCUT2D eigenvalue weighted by Gasteiger charge is 2.36. The van der Waals surface area contributed by atoms with Crippen molar-refractivity contribution in [2.75, 3.05) is 4.90 Å². The smallest absolute Gasteiger partial charge is 0.212 e. The molecule has 1 unspecified atom stereocenters. The Labute approximate surface area is 124 Å². The normalized spacial score (nSPS) is 19.7. The fourth-order valence-corrected chi connectivity index (χ4v) is 3.09. The van der Waals surface area contributed by atoms with E-state index >= 15 is 0 Å². The van der Waals surface area contributed by atoms with Gasteiger partial charge in [-0.3, -0.25) is 4.90 Å². The molecule has 18 heavy (non-hydrogen) atoms. The molecule has 0 aliphatic carbocycles. The number of allylic oxidation sites excluding steroid dienone is 2. The molecule has 0 spiro atoms. The van der Waals surface area contributed by atoms with Gasteiger partial charge < -0.3 is 4.74 Å². The molecule has 2 heterocycles. The van der Waals surface area contributed by atoms with Gasteiger partial charge in [0, 0.05) is 17.2 Å². The first-order chi connectivity index (χ1) is 8.41. The molecule has 0 saturated carbocycles. The number of anilines is 1. The lowest BCUT2D eigenvalue weighted by Crippen LogP contribution is -2.31. The third kappa shape index (κ3) is 2.31. The molecule has 1 atom stereocenters. The third-order valence-electron chi connectivity index (χ3n) is 2.57. The van der Waals surface area contributed by atoms with E-state index in [9.17, 15) is 0 Å². The lowest BCUT2D eigenvalue weighted by Gasteiger charge is -2.26. The zero-order valence-corrected chi connectivity index (χ0v) is 13.5. The van der Waals surface area contributed by atoms with Crippen LogP contribution in [-0.2, 0) is 4.74 Å². The maximum atomic E-state index is 5.78. The van der Waals surface area contributed by atoms with Gasteiger partial charge in [0.15, 0.2) is 0 Å². The average molecular weight is 375 g/mol. The highest BCUT2D eigenvalue weighted by Crippen LogP contribution is 2.41. The van der Waals surface area contributed by atoms with Crippen LogP contribution in [0.15, 0.2) is 33.8 Å². The fraction of sp³-hybridized carbons (Fsp3) is 0.333. The quantitative estimate of drug-likeness (QED) is 0.596. The highest BCUT2D eigenvalue weighted by molar-refractivity contribution is 14.1. The molecule has 1 aromatic rings. The first-order valence-electron chi connectivity index (χ1n) is 5.39. The van der Waals surface area contributed by atoms with Crippen molar-refractivity contribution in [3.05, 3.63) is 39.6 Å². The van der Waals surface area contributed by atoms with Gasteiger partial charge in [0.1, 0.15) is 5.82 Å². The predicted octanol–water partition coefficient (Wildman–Crippen LogP) is 3.77. The summed E-state index contributed by atoms with van der Waals surface area (Å²) >= 11 is 3.63. The maximum Gasteiger partial charge on any atom is 0.212 e. The molecule has 6 heteroatoms. The van der Waals surface area contributed by atoms with Gasteiger partial charge in [-0.2, -0.15) is 4.37 Å². The van der Waals surface area contributed by atoms with Crippen molar-refractivity contribution in [3.8, 4) is 0 Å². The second-order valence-corrected chi connectivity index (χ2v) is 5.98. The van der Waals surface area contributed by atoms with Gasteiger partial charge in [0.25, 0.3) is 0 Å². The zero-order valence-electron chi connectivity index (χ0n) is 10.5. The monoisotopic (exact) mass is 375 g/mol. The van der Waals surface area contributed by atoms with E-state index in [1.54, 1.807) is 0 Å². The molecule has 0 bridgehead atoms. The molecule has 0 saturated heterocycles. The molecule has 0 aromatic carbocycles. The zero-order chi connectivity index (χ0) is 13.4. The van der Waals surface area contributed by atoms with E-state index in [0.29, 0.717) is 5.76 Å². The van der Waals surface area contributed by atoms with Crippen LogP contribution in [0.5, 0.6) is 0 Å². The van der Waals surface area contributed by atoms with Crippen LogP contribution in [0.25, 0.3) is 0 Å². The Balaban J connectivity index is 2.39. The summed E-state index contributed by atoms with van der Waals surface area (Å²) in [5.41, 5.74) is 2.02.